The van der Waals surface area contributed by atoms with Crippen LogP contribution in [0.5, 0.6) is 0 Å². The molecule has 0 bridgehead atoms. The van der Waals surface area contributed by atoms with Gasteiger partial charge < -0.3 is 5.32 Å². The number of hydrogen-bond acceptors (Lipinski definition) is 1. The molecule has 1 heterocycles. The molecule has 3 unspecified atom stereocenters. The Labute approximate surface area is 82.3 Å². The van der Waals surface area contributed by atoms with Crippen molar-refractivity contribution in [1.82, 2.24) is 5.32 Å². The SMILES string of the molecule is CC1CCCC2CCNC2CCC1. The summed E-state index contributed by atoms with van der Waals surface area (Å²) in [4.78, 5) is 0. The Morgan fingerprint density at radius 3 is 2.54 bits per heavy atom. The van der Waals surface area contributed by atoms with Crippen molar-refractivity contribution in [2.75, 3.05) is 6.54 Å². The van der Waals surface area contributed by atoms with Gasteiger partial charge in [0, 0.05) is 6.04 Å². The molecule has 13 heavy (non-hydrogen) atoms. The third kappa shape index (κ3) is 2.46. The van der Waals surface area contributed by atoms with E-state index in [1.54, 1.807) is 0 Å². The van der Waals surface area contributed by atoms with E-state index in [1.165, 1.54) is 51.5 Å². The maximum absolute atomic E-state index is 3.67. The lowest BCUT2D eigenvalue weighted by atomic mass is 9.93. The summed E-state index contributed by atoms with van der Waals surface area (Å²) in [7, 11) is 0. The first kappa shape index (κ1) is 9.51. The zero-order valence-electron chi connectivity index (χ0n) is 8.89. The van der Waals surface area contributed by atoms with Crippen molar-refractivity contribution in [2.45, 2.75) is 57.9 Å². The fourth-order valence-corrected chi connectivity index (χ4v) is 3.06. The highest BCUT2D eigenvalue weighted by atomic mass is 14.9. The van der Waals surface area contributed by atoms with Crippen LogP contribution in [0, 0.1) is 11.8 Å². The first-order chi connectivity index (χ1) is 6.36. The predicted octanol–water partition coefficient (Wildman–Crippen LogP) is 2.95. The molecule has 0 aromatic carbocycles. The van der Waals surface area contributed by atoms with Crippen LogP contribution < -0.4 is 5.32 Å². The van der Waals surface area contributed by atoms with Crippen molar-refractivity contribution in [3.05, 3.63) is 0 Å². The topological polar surface area (TPSA) is 12.0 Å². The molecule has 1 heteroatoms. The van der Waals surface area contributed by atoms with Crippen LogP contribution in [0.4, 0.5) is 0 Å². The third-order valence-corrected chi connectivity index (χ3v) is 3.97. The van der Waals surface area contributed by atoms with E-state index < -0.39 is 0 Å². The first-order valence-electron chi connectivity index (χ1n) is 6.09. The molecule has 76 valence electrons. The fourth-order valence-electron chi connectivity index (χ4n) is 3.06. The normalized spacial score (nSPS) is 41.8. The van der Waals surface area contributed by atoms with Gasteiger partial charge in [-0.2, -0.15) is 0 Å². The number of hydrogen-bond donors (Lipinski definition) is 1. The van der Waals surface area contributed by atoms with E-state index in [1.807, 2.05) is 0 Å². The molecule has 1 saturated carbocycles. The maximum Gasteiger partial charge on any atom is 0.00958 e. The second-order valence-electron chi connectivity index (χ2n) is 5.08. The van der Waals surface area contributed by atoms with Gasteiger partial charge in [-0.05, 0) is 37.6 Å². The monoisotopic (exact) mass is 181 g/mol. The molecule has 2 rings (SSSR count). The maximum atomic E-state index is 3.67. The summed E-state index contributed by atoms with van der Waals surface area (Å²) in [6.07, 6.45) is 10.2. The Morgan fingerprint density at radius 1 is 0.923 bits per heavy atom. The lowest BCUT2D eigenvalue weighted by Crippen LogP contribution is -2.26. The Balaban J connectivity index is 1.88. The van der Waals surface area contributed by atoms with Gasteiger partial charge in [-0.15, -0.1) is 0 Å². The van der Waals surface area contributed by atoms with E-state index in [0.717, 1.165) is 17.9 Å². The highest BCUT2D eigenvalue weighted by molar-refractivity contribution is 4.84. The van der Waals surface area contributed by atoms with E-state index in [0.29, 0.717) is 0 Å². The summed E-state index contributed by atoms with van der Waals surface area (Å²) in [5.41, 5.74) is 0. The predicted molar refractivity (Wildman–Crippen MR) is 56.8 cm³/mol. The molecular weight excluding hydrogens is 158 g/mol. The van der Waals surface area contributed by atoms with Gasteiger partial charge in [-0.3, -0.25) is 0 Å². The van der Waals surface area contributed by atoms with Crippen molar-refractivity contribution in [2.24, 2.45) is 11.8 Å². The van der Waals surface area contributed by atoms with Crippen molar-refractivity contribution in [3.63, 3.8) is 0 Å². The quantitative estimate of drug-likeness (QED) is 0.606. The molecular formula is C12H23N. The van der Waals surface area contributed by atoms with Gasteiger partial charge in [-0.1, -0.05) is 32.6 Å². The van der Waals surface area contributed by atoms with Gasteiger partial charge in [0.05, 0.1) is 0 Å². The number of fused-ring (bicyclic) bond motifs is 1. The first-order valence-corrected chi connectivity index (χ1v) is 6.09. The highest BCUT2D eigenvalue weighted by Crippen LogP contribution is 2.29. The largest absolute Gasteiger partial charge is 0.314 e. The zero-order valence-corrected chi connectivity index (χ0v) is 8.89. The van der Waals surface area contributed by atoms with Gasteiger partial charge in [0.25, 0.3) is 0 Å². The highest BCUT2D eigenvalue weighted by Gasteiger charge is 2.26. The lowest BCUT2D eigenvalue weighted by molar-refractivity contribution is 0.393. The minimum atomic E-state index is 0.880. The smallest absolute Gasteiger partial charge is 0.00958 e. The van der Waals surface area contributed by atoms with Crippen LogP contribution in [0.1, 0.15) is 51.9 Å². The summed E-state index contributed by atoms with van der Waals surface area (Å²) in [6.45, 7) is 3.71. The molecule has 1 saturated heterocycles. The van der Waals surface area contributed by atoms with Crippen LogP contribution in [0.15, 0.2) is 0 Å². The average Bonchev–Trinajstić information content (AvgIpc) is 2.53. The summed E-state index contributed by atoms with van der Waals surface area (Å²) in [6, 6.07) is 0.880. The molecule has 0 aromatic heterocycles. The molecule has 3 atom stereocenters. The fraction of sp³-hybridized carbons (Fsp3) is 1.00. The van der Waals surface area contributed by atoms with E-state index in [2.05, 4.69) is 12.2 Å². The number of nitrogens with one attached hydrogen (secondary N) is 1. The minimum Gasteiger partial charge on any atom is -0.314 e. The van der Waals surface area contributed by atoms with E-state index in [9.17, 15) is 0 Å². The second kappa shape index (κ2) is 4.45. The van der Waals surface area contributed by atoms with E-state index >= 15 is 0 Å². The van der Waals surface area contributed by atoms with Gasteiger partial charge in [0.1, 0.15) is 0 Å². The van der Waals surface area contributed by atoms with Crippen molar-refractivity contribution < 1.29 is 0 Å². The zero-order chi connectivity index (χ0) is 9.10. The van der Waals surface area contributed by atoms with E-state index in [-0.39, 0.29) is 0 Å². The molecule has 1 aliphatic heterocycles. The van der Waals surface area contributed by atoms with E-state index in [4.69, 9.17) is 0 Å². The van der Waals surface area contributed by atoms with Crippen molar-refractivity contribution in [3.8, 4) is 0 Å². The van der Waals surface area contributed by atoms with Crippen LogP contribution in [0.3, 0.4) is 0 Å². The lowest BCUT2D eigenvalue weighted by Gasteiger charge is -2.17. The van der Waals surface area contributed by atoms with Gasteiger partial charge in [-0.25, -0.2) is 0 Å². The third-order valence-electron chi connectivity index (χ3n) is 3.97. The summed E-state index contributed by atoms with van der Waals surface area (Å²) in [5.74, 6) is 2.00. The molecule has 0 amide bonds. The average molecular weight is 181 g/mol. The van der Waals surface area contributed by atoms with Crippen LogP contribution in [0.25, 0.3) is 0 Å². The van der Waals surface area contributed by atoms with Crippen molar-refractivity contribution >= 4 is 0 Å². The molecule has 0 spiro atoms. The molecule has 2 fully saturated rings. The molecule has 0 aromatic rings. The molecule has 1 N–H and O–H groups in total. The second-order valence-corrected chi connectivity index (χ2v) is 5.08. The Bertz CT molecular complexity index is 139. The Hall–Kier alpha value is -0.0400. The molecule has 0 radical (unpaired) electrons. The van der Waals surface area contributed by atoms with Crippen LogP contribution in [-0.4, -0.2) is 12.6 Å². The molecule has 1 nitrogen and oxygen atoms in total. The van der Waals surface area contributed by atoms with Crippen LogP contribution >= 0.6 is 0 Å². The Kier molecular flexibility index (Phi) is 3.26. The number of rotatable bonds is 0. The summed E-state index contributed by atoms with van der Waals surface area (Å²) < 4.78 is 0. The van der Waals surface area contributed by atoms with Crippen molar-refractivity contribution in [1.29, 1.82) is 0 Å². The molecule has 1 aliphatic carbocycles. The van der Waals surface area contributed by atoms with Gasteiger partial charge in [0.2, 0.25) is 0 Å². The Morgan fingerprint density at radius 2 is 1.69 bits per heavy atom. The van der Waals surface area contributed by atoms with Gasteiger partial charge in [0.15, 0.2) is 0 Å². The van der Waals surface area contributed by atoms with Crippen LogP contribution in [-0.2, 0) is 0 Å². The summed E-state index contributed by atoms with van der Waals surface area (Å²) in [5, 5.41) is 3.67. The van der Waals surface area contributed by atoms with Gasteiger partial charge >= 0.3 is 0 Å². The molecule has 2 aliphatic rings. The summed E-state index contributed by atoms with van der Waals surface area (Å²) >= 11 is 0. The van der Waals surface area contributed by atoms with Crippen LogP contribution in [0.2, 0.25) is 0 Å². The standard InChI is InChI=1S/C12H23N/c1-10-4-2-6-11-8-9-13-12(11)7-3-5-10/h10-13H,2-9H2,1H3. The minimum absolute atomic E-state index is 0.880.